The number of nitrogen functional groups attached to an aromatic ring is 1. The van der Waals surface area contributed by atoms with Crippen molar-refractivity contribution in [2.24, 2.45) is 5.92 Å². The van der Waals surface area contributed by atoms with Crippen molar-refractivity contribution >= 4 is 28.5 Å². The summed E-state index contributed by atoms with van der Waals surface area (Å²) in [5, 5.41) is 10.4. The number of aromatic nitrogens is 3. The molecule has 7 heteroatoms. The van der Waals surface area contributed by atoms with Gasteiger partial charge in [-0.05, 0) is 6.42 Å². The van der Waals surface area contributed by atoms with Gasteiger partial charge in [0.15, 0.2) is 0 Å². The summed E-state index contributed by atoms with van der Waals surface area (Å²) in [6.07, 6.45) is 3.64. The largest absolute Gasteiger partial charge is 0.394 e. The van der Waals surface area contributed by atoms with Crippen molar-refractivity contribution in [3.63, 3.8) is 0 Å². The van der Waals surface area contributed by atoms with Gasteiger partial charge in [-0.3, -0.25) is 0 Å². The monoisotopic (exact) mass is 282 g/mol. The molecule has 3 rings (SSSR count). The van der Waals surface area contributed by atoms with Crippen LogP contribution in [-0.4, -0.2) is 32.4 Å². The summed E-state index contributed by atoms with van der Waals surface area (Å²) >= 11 is 6.19. The zero-order valence-corrected chi connectivity index (χ0v) is 11.2. The molecule has 1 fully saturated rings. The smallest absolute Gasteiger partial charge is 0.149 e. The second-order valence-corrected chi connectivity index (χ2v) is 5.29. The third kappa shape index (κ3) is 1.96. The lowest BCUT2D eigenvalue weighted by Gasteiger charge is -2.17. The number of fused-ring (bicyclic) bond motifs is 1. The molecule has 2 aromatic rings. The van der Waals surface area contributed by atoms with Gasteiger partial charge in [0.25, 0.3) is 0 Å². The van der Waals surface area contributed by atoms with Gasteiger partial charge in [-0.15, -0.1) is 0 Å². The van der Waals surface area contributed by atoms with Crippen molar-refractivity contribution in [3.05, 3.63) is 17.5 Å². The summed E-state index contributed by atoms with van der Waals surface area (Å²) in [6.45, 7) is 2.09. The molecule has 0 aliphatic carbocycles. The van der Waals surface area contributed by atoms with Gasteiger partial charge in [-0.25, -0.2) is 9.97 Å². The fourth-order valence-electron chi connectivity index (χ4n) is 2.63. The van der Waals surface area contributed by atoms with Gasteiger partial charge in [-0.1, -0.05) is 18.5 Å². The van der Waals surface area contributed by atoms with Crippen LogP contribution in [0, 0.1) is 5.92 Å². The van der Waals surface area contributed by atoms with E-state index >= 15 is 0 Å². The van der Waals surface area contributed by atoms with Crippen LogP contribution in [0.3, 0.4) is 0 Å². The molecule has 1 saturated heterocycles. The first-order valence-corrected chi connectivity index (χ1v) is 6.52. The molecule has 0 spiro atoms. The minimum atomic E-state index is -0.193. The molecule has 0 amide bonds. The quantitative estimate of drug-likeness (QED) is 0.873. The molecule has 3 atom stereocenters. The first-order chi connectivity index (χ1) is 9.11. The summed E-state index contributed by atoms with van der Waals surface area (Å²) in [4.78, 5) is 8.18. The Morgan fingerprint density at radius 3 is 3.05 bits per heavy atom. The highest BCUT2D eigenvalue weighted by molar-refractivity contribution is 6.36. The number of anilines is 1. The Labute approximate surface area is 115 Å². The normalized spacial score (nSPS) is 27.2. The summed E-state index contributed by atoms with van der Waals surface area (Å²) in [7, 11) is 0. The molecule has 0 saturated carbocycles. The highest BCUT2D eigenvalue weighted by Gasteiger charge is 2.34. The van der Waals surface area contributed by atoms with Gasteiger partial charge in [-0.2, -0.15) is 0 Å². The maximum absolute atomic E-state index is 9.21. The van der Waals surface area contributed by atoms with E-state index in [-0.39, 0.29) is 24.9 Å². The number of nitrogens with zero attached hydrogens (tertiary/aromatic N) is 3. The number of nitrogens with two attached hydrogens (primary N) is 1. The van der Waals surface area contributed by atoms with Crippen LogP contribution < -0.4 is 5.73 Å². The highest BCUT2D eigenvalue weighted by atomic mass is 35.5. The van der Waals surface area contributed by atoms with E-state index in [0.29, 0.717) is 21.9 Å². The number of hydrogen-bond donors (Lipinski definition) is 2. The van der Waals surface area contributed by atoms with Gasteiger partial charge in [0.2, 0.25) is 0 Å². The number of hydrogen-bond acceptors (Lipinski definition) is 5. The van der Waals surface area contributed by atoms with Crippen LogP contribution in [0.2, 0.25) is 5.02 Å². The minimum Gasteiger partial charge on any atom is -0.394 e. The Hall–Kier alpha value is -1.37. The summed E-state index contributed by atoms with van der Waals surface area (Å²) in [6, 6.07) is 0. The fourth-order valence-corrected chi connectivity index (χ4v) is 2.92. The average molecular weight is 283 g/mol. The Morgan fingerprint density at radius 2 is 2.37 bits per heavy atom. The summed E-state index contributed by atoms with van der Waals surface area (Å²) in [5.41, 5.74) is 6.49. The van der Waals surface area contributed by atoms with E-state index in [1.54, 1.807) is 6.20 Å². The first-order valence-electron chi connectivity index (χ1n) is 6.14. The number of ether oxygens (including phenoxy) is 1. The zero-order valence-electron chi connectivity index (χ0n) is 10.5. The maximum Gasteiger partial charge on any atom is 0.149 e. The van der Waals surface area contributed by atoms with Crippen molar-refractivity contribution in [1.82, 2.24) is 14.5 Å². The van der Waals surface area contributed by atoms with Crippen LogP contribution in [0.15, 0.2) is 12.5 Å². The van der Waals surface area contributed by atoms with Crippen LogP contribution in [0.5, 0.6) is 0 Å². The van der Waals surface area contributed by atoms with E-state index in [1.165, 1.54) is 6.33 Å². The van der Waals surface area contributed by atoms with Crippen LogP contribution in [0.4, 0.5) is 5.82 Å². The summed E-state index contributed by atoms with van der Waals surface area (Å²) in [5.74, 6) is 0.623. The lowest BCUT2D eigenvalue weighted by molar-refractivity contribution is -0.0291. The van der Waals surface area contributed by atoms with Gasteiger partial charge in [0.1, 0.15) is 24.0 Å². The van der Waals surface area contributed by atoms with Crippen LogP contribution in [-0.2, 0) is 4.74 Å². The van der Waals surface area contributed by atoms with E-state index in [9.17, 15) is 5.11 Å². The Morgan fingerprint density at radius 1 is 1.58 bits per heavy atom. The minimum absolute atomic E-state index is 0.0187. The van der Waals surface area contributed by atoms with Crippen molar-refractivity contribution in [3.8, 4) is 0 Å². The maximum atomic E-state index is 9.21. The topological polar surface area (TPSA) is 86.2 Å². The van der Waals surface area contributed by atoms with E-state index in [0.717, 1.165) is 6.42 Å². The Balaban J connectivity index is 2.09. The first kappa shape index (κ1) is 12.7. The molecular weight excluding hydrogens is 268 g/mol. The predicted molar refractivity (Wildman–Crippen MR) is 71.7 cm³/mol. The molecule has 0 radical (unpaired) electrons. The molecule has 1 aliphatic rings. The Bertz CT molecular complexity index is 615. The molecule has 102 valence electrons. The van der Waals surface area contributed by atoms with Crippen molar-refractivity contribution in [2.45, 2.75) is 25.7 Å². The predicted octanol–water partition coefficient (Wildman–Crippen LogP) is 1.58. The third-order valence-corrected chi connectivity index (χ3v) is 3.81. The van der Waals surface area contributed by atoms with Crippen molar-refractivity contribution in [2.75, 3.05) is 12.3 Å². The molecule has 0 unspecified atom stereocenters. The van der Waals surface area contributed by atoms with Gasteiger partial charge in [0, 0.05) is 12.1 Å². The van der Waals surface area contributed by atoms with Crippen molar-refractivity contribution in [1.29, 1.82) is 0 Å². The molecule has 3 N–H and O–H groups in total. The van der Waals surface area contributed by atoms with Crippen LogP contribution >= 0.6 is 11.6 Å². The Kier molecular flexibility index (Phi) is 3.08. The molecule has 2 aromatic heterocycles. The second-order valence-electron chi connectivity index (χ2n) is 4.89. The summed E-state index contributed by atoms with van der Waals surface area (Å²) < 4.78 is 7.69. The number of rotatable bonds is 2. The lowest BCUT2D eigenvalue weighted by atomic mass is 10.1. The van der Waals surface area contributed by atoms with Crippen molar-refractivity contribution < 1.29 is 9.84 Å². The number of aliphatic hydroxyl groups is 1. The average Bonchev–Trinajstić information content (AvgIpc) is 2.91. The highest BCUT2D eigenvalue weighted by Crippen LogP contribution is 2.38. The molecule has 1 aliphatic heterocycles. The zero-order chi connectivity index (χ0) is 13.6. The molecular formula is C12H15ClN4O2. The molecule has 19 heavy (non-hydrogen) atoms. The number of halogens is 1. The van der Waals surface area contributed by atoms with Gasteiger partial charge in [0.05, 0.1) is 23.1 Å². The van der Waals surface area contributed by atoms with Crippen LogP contribution in [0.25, 0.3) is 11.0 Å². The van der Waals surface area contributed by atoms with E-state index in [1.807, 2.05) is 4.57 Å². The van der Waals surface area contributed by atoms with E-state index in [4.69, 9.17) is 22.1 Å². The molecule has 6 nitrogen and oxygen atoms in total. The second kappa shape index (κ2) is 4.63. The third-order valence-electron chi connectivity index (χ3n) is 3.52. The van der Waals surface area contributed by atoms with E-state index in [2.05, 4.69) is 16.9 Å². The molecule has 3 heterocycles. The molecule has 0 aromatic carbocycles. The fraction of sp³-hybridized carbons (Fsp3) is 0.500. The SMILES string of the molecule is C[C@H]1C[C@@H](CO)O[C@H]1n1cc(Cl)c2c(N)ncnc21. The molecule has 0 bridgehead atoms. The standard InChI is InChI=1S/C12H15ClN4O2/c1-6-2-7(4-18)19-12(6)17-3-8(13)9-10(14)15-5-16-11(9)17/h3,5-7,12,18H,2,4H2,1H3,(H2,14,15,16)/t6-,7-,12+/m0/s1. The van der Waals surface area contributed by atoms with Gasteiger partial charge >= 0.3 is 0 Å². The van der Waals surface area contributed by atoms with Gasteiger partial charge < -0.3 is 20.1 Å². The number of aliphatic hydroxyl groups excluding tert-OH is 1. The lowest BCUT2D eigenvalue weighted by Crippen LogP contribution is -2.15. The van der Waals surface area contributed by atoms with E-state index < -0.39 is 0 Å². The van der Waals surface area contributed by atoms with Crippen LogP contribution in [0.1, 0.15) is 19.6 Å².